The maximum atomic E-state index is 12.5. The molecule has 0 spiro atoms. The van der Waals surface area contributed by atoms with E-state index < -0.39 is 0 Å². The molecule has 1 aliphatic heterocycles. The van der Waals surface area contributed by atoms with Gasteiger partial charge >= 0.3 is 0 Å². The minimum atomic E-state index is -0.367. The van der Waals surface area contributed by atoms with Crippen molar-refractivity contribution in [2.75, 3.05) is 19.7 Å². The molecule has 0 bridgehead atoms. The van der Waals surface area contributed by atoms with E-state index in [-0.39, 0.29) is 23.6 Å². The fourth-order valence-corrected chi connectivity index (χ4v) is 2.89. The lowest BCUT2D eigenvalue weighted by molar-refractivity contribution is -0.146. The van der Waals surface area contributed by atoms with Crippen LogP contribution >= 0.6 is 11.6 Å². The van der Waals surface area contributed by atoms with Crippen LogP contribution in [0.1, 0.15) is 13.8 Å². The van der Waals surface area contributed by atoms with Gasteiger partial charge in [0.25, 0.3) is 5.56 Å². The molecular formula is C16H18ClN3O3. The molecule has 0 N–H and O–H groups in total. The summed E-state index contributed by atoms with van der Waals surface area (Å²) in [5.74, 6) is -0.119. The van der Waals surface area contributed by atoms with Crippen LogP contribution in [0.5, 0.6) is 0 Å². The van der Waals surface area contributed by atoms with Gasteiger partial charge in [-0.1, -0.05) is 11.6 Å². The number of carbonyl (C=O) groups is 1. The third kappa shape index (κ3) is 3.38. The summed E-state index contributed by atoms with van der Waals surface area (Å²) in [6.07, 6.45) is 1.40. The minimum absolute atomic E-state index is 0.0373. The Morgan fingerprint density at radius 3 is 2.96 bits per heavy atom. The second kappa shape index (κ2) is 5.94. The average Bonchev–Trinajstić information content (AvgIpc) is 2.49. The van der Waals surface area contributed by atoms with Crippen molar-refractivity contribution < 1.29 is 9.53 Å². The van der Waals surface area contributed by atoms with Crippen LogP contribution in [0.3, 0.4) is 0 Å². The summed E-state index contributed by atoms with van der Waals surface area (Å²) in [6.45, 7) is 5.39. The van der Waals surface area contributed by atoms with Crippen molar-refractivity contribution in [3.8, 4) is 0 Å². The Balaban J connectivity index is 1.85. The first kappa shape index (κ1) is 16.0. The smallest absolute Gasteiger partial charge is 0.261 e. The van der Waals surface area contributed by atoms with Gasteiger partial charge in [0.2, 0.25) is 5.91 Å². The van der Waals surface area contributed by atoms with Crippen LogP contribution in [0, 0.1) is 0 Å². The Bertz CT molecular complexity index is 816. The van der Waals surface area contributed by atoms with Gasteiger partial charge in [-0.3, -0.25) is 14.2 Å². The number of hydrogen-bond acceptors (Lipinski definition) is 4. The van der Waals surface area contributed by atoms with Crippen LogP contribution in [-0.4, -0.2) is 45.7 Å². The molecule has 2 aromatic rings. The van der Waals surface area contributed by atoms with E-state index >= 15 is 0 Å². The summed E-state index contributed by atoms with van der Waals surface area (Å²) in [7, 11) is 0. The molecule has 23 heavy (non-hydrogen) atoms. The molecule has 122 valence electrons. The van der Waals surface area contributed by atoms with Crippen LogP contribution < -0.4 is 5.56 Å². The number of nitrogens with zero attached hydrogens (tertiary/aromatic N) is 3. The lowest BCUT2D eigenvalue weighted by atomic mass is 10.1. The molecule has 2 heterocycles. The normalized spacial score (nSPS) is 17.4. The minimum Gasteiger partial charge on any atom is -0.372 e. The van der Waals surface area contributed by atoms with E-state index in [1.807, 2.05) is 13.8 Å². The number of aromatic nitrogens is 2. The van der Waals surface area contributed by atoms with E-state index in [4.69, 9.17) is 16.3 Å². The zero-order valence-corrected chi connectivity index (χ0v) is 13.8. The van der Waals surface area contributed by atoms with Crippen molar-refractivity contribution in [1.82, 2.24) is 14.5 Å². The van der Waals surface area contributed by atoms with Gasteiger partial charge in [0, 0.05) is 18.1 Å². The molecule has 0 aliphatic carbocycles. The quantitative estimate of drug-likeness (QED) is 0.837. The number of hydrogen-bond donors (Lipinski definition) is 0. The van der Waals surface area contributed by atoms with Crippen molar-refractivity contribution in [3.63, 3.8) is 0 Å². The fourth-order valence-electron chi connectivity index (χ4n) is 2.72. The van der Waals surface area contributed by atoms with E-state index in [1.165, 1.54) is 10.9 Å². The summed E-state index contributed by atoms with van der Waals surface area (Å²) in [4.78, 5) is 30.9. The number of ether oxygens (including phenoxy) is 1. The Morgan fingerprint density at radius 1 is 1.43 bits per heavy atom. The number of fused-ring (bicyclic) bond motifs is 1. The highest BCUT2D eigenvalue weighted by Crippen LogP contribution is 2.17. The highest BCUT2D eigenvalue weighted by atomic mass is 35.5. The van der Waals surface area contributed by atoms with E-state index in [9.17, 15) is 9.59 Å². The molecule has 0 atom stereocenters. The molecule has 1 amide bonds. The first-order chi connectivity index (χ1) is 10.9. The second-order valence-electron chi connectivity index (χ2n) is 6.26. The summed E-state index contributed by atoms with van der Waals surface area (Å²) >= 11 is 5.94. The monoisotopic (exact) mass is 335 g/mol. The van der Waals surface area contributed by atoms with Crippen LogP contribution in [-0.2, 0) is 16.1 Å². The topological polar surface area (TPSA) is 64.4 Å². The van der Waals surface area contributed by atoms with Crippen LogP contribution in [0.25, 0.3) is 10.9 Å². The maximum absolute atomic E-state index is 12.5. The van der Waals surface area contributed by atoms with Crippen LogP contribution in [0.4, 0.5) is 0 Å². The van der Waals surface area contributed by atoms with E-state index in [0.717, 1.165) is 0 Å². The summed E-state index contributed by atoms with van der Waals surface area (Å²) in [5.41, 5.74) is -0.0671. The van der Waals surface area contributed by atoms with Crippen LogP contribution in [0.15, 0.2) is 29.3 Å². The van der Waals surface area contributed by atoms with Gasteiger partial charge in [-0.2, -0.15) is 0 Å². The predicted molar refractivity (Wildman–Crippen MR) is 87.6 cm³/mol. The van der Waals surface area contributed by atoms with Gasteiger partial charge in [-0.15, -0.1) is 0 Å². The molecule has 1 aromatic heterocycles. The fraction of sp³-hybridized carbons (Fsp3) is 0.438. The lowest BCUT2D eigenvalue weighted by Crippen LogP contribution is -2.51. The van der Waals surface area contributed by atoms with E-state index in [1.54, 1.807) is 23.1 Å². The molecule has 1 aliphatic rings. The number of amides is 1. The summed E-state index contributed by atoms with van der Waals surface area (Å²) in [6, 6.07) is 4.95. The first-order valence-corrected chi connectivity index (χ1v) is 7.80. The molecule has 1 saturated heterocycles. The third-order valence-corrected chi connectivity index (χ3v) is 4.11. The van der Waals surface area contributed by atoms with Gasteiger partial charge in [0.05, 0.1) is 29.4 Å². The second-order valence-corrected chi connectivity index (χ2v) is 6.70. The highest BCUT2D eigenvalue weighted by molar-refractivity contribution is 6.31. The molecule has 0 unspecified atom stereocenters. The average molecular weight is 336 g/mol. The number of benzene rings is 1. The summed E-state index contributed by atoms with van der Waals surface area (Å²) in [5, 5.41) is 0.880. The zero-order valence-electron chi connectivity index (χ0n) is 13.1. The van der Waals surface area contributed by atoms with Gasteiger partial charge < -0.3 is 9.64 Å². The first-order valence-electron chi connectivity index (χ1n) is 7.42. The number of halogens is 1. The van der Waals surface area contributed by atoms with Crippen molar-refractivity contribution in [1.29, 1.82) is 0 Å². The van der Waals surface area contributed by atoms with Crippen molar-refractivity contribution in [2.24, 2.45) is 0 Å². The van der Waals surface area contributed by atoms with Crippen molar-refractivity contribution in [2.45, 2.75) is 26.0 Å². The molecule has 3 rings (SSSR count). The van der Waals surface area contributed by atoms with Gasteiger partial charge in [-0.05, 0) is 32.0 Å². The van der Waals surface area contributed by atoms with Gasteiger partial charge in [0.1, 0.15) is 6.54 Å². The van der Waals surface area contributed by atoms with E-state index in [0.29, 0.717) is 35.6 Å². The predicted octanol–water partition coefficient (Wildman–Crippen LogP) is 1.69. The van der Waals surface area contributed by atoms with Crippen molar-refractivity contribution in [3.05, 3.63) is 39.9 Å². The summed E-state index contributed by atoms with van der Waals surface area (Å²) < 4.78 is 6.92. The van der Waals surface area contributed by atoms with E-state index in [2.05, 4.69) is 4.98 Å². The van der Waals surface area contributed by atoms with Gasteiger partial charge in [-0.25, -0.2) is 4.98 Å². The maximum Gasteiger partial charge on any atom is 0.261 e. The molecule has 0 radical (unpaired) electrons. The van der Waals surface area contributed by atoms with Crippen LogP contribution in [0.2, 0.25) is 5.02 Å². The Labute approximate surface area is 138 Å². The molecule has 0 saturated carbocycles. The number of morpholine rings is 1. The Kier molecular flexibility index (Phi) is 4.12. The molecular weight excluding hydrogens is 318 g/mol. The standard InChI is InChI=1S/C16H18ClN3O3/c1-16(2)9-19(5-6-23-16)14(21)8-20-10-18-13-4-3-11(17)7-12(13)15(20)22/h3-4,7,10H,5-6,8-9H2,1-2H3. The number of carbonyl (C=O) groups excluding carboxylic acids is 1. The largest absolute Gasteiger partial charge is 0.372 e. The number of rotatable bonds is 2. The van der Waals surface area contributed by atoms with Gasteiger partial charge in [0.15, 0.2) is 0 Å². The lowest BCUT2D eigenvalue weighted by Gasteiger charge is -2.38. The molecule has 6 nitrogen and oxygen atoms in total. The highest BCUT2D eigenvalue weighted by Gasteiger charge is 2.30. The Morgan fingerprint density at radius 2 is 2.22 bits per heavy atom. The molecule has 7 heteroatoms. The molecule has 1 aromatic carbocycles. The third-order valence-electron chi connectivity index (χ3n) is 3.87. The Hall–Kier alpha value is -1.92. The SMILES string of the molecule is CC1(C)CN(C(=O)Cn2cnc3ccc(Cl)cc3c2=O)CCO1. The zero-order chi connectivity index (χ0) is 16.6. The van der Waals surface area contributed by atoms with Crippen molar-refractivity contribution >= 4 is 28.4 Å². The molecule has 1 fully saturated rings.